The molecule has 0 spiro atoms. The lowest BCUT2D eigenvalue weighted by Gasteiger charge is -2.23. The zero-order valence-electron chi connectivity index (χ0n) is 8.42. The lowest BCUT2D eigenvalue weighted by molar-refractivity contribution is -0.132. The van der Waals surface area contributed by atoms with Crippen molar-refractivity contribution in [2.45, 2.75) is 27.2 Å². The quantitative estimate of drug-likeness (QED) is 0.597. The van der Waals surface area contributed by atoms with Crippen molar-refractivity contribution in [2.75, 3.05) is 13.6 Å². The smallest absolute Gasteiger partial charge is 0.242 e. The molecule has 70 valence electrons. The van der Waals surface area contributed by atoms with Gasteiger partial charge in [0.05, 0.1) is 0 Å². The van der Waals surface area contributed by atoms with Crippen LogP contribution in [-0.4, -0.2) is 29.5 Å². The van der Waals surface area contributed by atoms with E-state index in [9.17, 15) is 4.79 Å². The number of hydrogen-bond acceptors (Lipinski definition) is 2. The lowest BCUT2D eigenvalue weighted by atomic mass is 10.4. The molecule has 0 bridgehead atoms. The number of rotatable bonds is 1. The summed E-state index contributed by atoms with van der Waals surface area (Å²) in [7, 11) is 1.89. The molecule has 0 N–H and O–H groups in total. The molecule has 1 amide bonds. The Labute approximate surface area is 74.6 Å². The molecule has 0 atom stereocenters. The first-order valence-corrected chi connectivity index (χ1v) is 4.32. The van der Waals surface area contributed by atoms with E-state index in [1.807, 2.05) is 32.8 Å². The van der Waals surface area contributed by atoms with E-state index in [1.54, 1.807) is 5.01 Å². The number of carbonyl (C=O) groups is 1. The highest BCUT2D eigenvalue weighted by molar-refractivity contribution is 5.79. The number of carbonyl (C=O) groups excluding carboxylic acids is 1. The van der Waals surface area contributed by atoms with E-state index in [4.69, 9.17) is 0 Å². The zero-order valence-corrected chi connectivity index (χ0v) is 8.42. The molecule has 1 rings (SSSR count). The first-order valence-electron chi connectivity index (χ1n) is 4.32. The summed E-state index contributed by atoms with van der Waals surface area (Å²) in [5.74, 6) is 0.148. The third-order valence-corrected chi connectivity index (χ3v) is 1.59. The lowest BCUT2D eigenvalue weighted by Crippen LogP contribution is -2.33. The molecular weight excluding hydrogens is 152 g/mol. The van der Waals surface area contributed by atoms with Gasteiger partial charge in [0.2, 0.25) is 5.91 Å². The number of nitrogens with zero attached hydrogens (tertiary/aromatic N) is 2. The number of hydrogen-bond donors (Lipinski definition) is 0. The van der Waals surface area contributed by atoms with Gasteiger partial charge in [0.15, 0.2) is 0 Å². The third-order valence-electron chi connectivity index (χ3n) is 1.59. The molecule has 0 aromatic carbocycles. The average Bonchev–Trinajstić information content (AvgIpc) is 2.35. The molecule has 0 aromatic heterocycles. The summed E-state index contributed by atoms with van der Waals surface area (Å²) < 4.78 is 0. The second kappa shape index (κ2) is 4.93. The molecule has 1 fully saturated rings. The van der Waals surface area contributed by atoms with Crippen LogP contribution in [0.2, 0.25) is 0 Å². The molecule has 0 aromatic rings. The second-order valence-electron chi connectivity index (χ2n) is 2.57. The fraction of sp³-hybridized carbons (Fsp3) is 0.667. The Kier molecular flexibility index (Phi) is 4.59. The molecule has 0 saturated carbocycles. The standard InChI is InChI=1S/C7H12N2O.C2H6/c1-6(2)9-7(10)4-5-8(9)3;1-2/h1,4-5H2,2-3H3;1-2H3. The summed E-state index contributed by atoms with van der Waals surface area (Å²) in [5.41, 5.74) is 0.796. The van der Waals surface area contributed by atoms with Crippen LogP contribution in [0.3, 0.4) is 0 Å². The minimum absolute atomic E-state index is 0.148. The highest BCUT2D eigenvalue weighted by atomic mass is 16.2. The normalized spacial score (nSPS) is 17.3. The topological polar surface area (TPSA) is 23.6 Å². The van der Waals surface area contributed by atoms with Crippen molar-refractivity contribution >= 4 is 5.91 Å². The van der Waals surface area contributed by atoms with E-state index >= 15 is 0 Å². The van der Waals surface area contributed by atoms with Crippen molar-refractivity contribution < 1.29 is 4.79 Å². The average molecular weight is 170 g/mol. The maximum absolute atomic E-state index is 11.0. The van der Waals surface area contributed by atoms with Crippen LogP contribution in [0.4, 0.5) is 0 Å². The van der Waals surface area contributed by atoms with Crippen LogP contribution in [-0.2, 0) is 4.79 Å². The van der Waals surface area contributed by atoms with Gasteiger partial charge in [-0.15, -0.1) is 0 Å². The van der Waals surface area contributed by atoms with Gasteiger partial charge in [-0.3, -0.25) is 4.79 Å². The van der Waals surface area contributed by atoms with Gasteiger partial charge < -0.3 is 0 Å². The monoisotopic (exact) mass is 170 g/mol. The first kappa shape index (κ1) is 11.2. The van der Waals surface area contributed by atoms with Crippen molar-refractivity contribution in [3.8, 4) is 0 Å². The summed E-state index contributed by atoms with van der Waals surface area (Å²) in [6.45, 7) is 10.3. The van der Waals surface area contributed by atoms with Crippen LogP contribution in [0.25, 0.3) is 0 Å². The highest BCUT2D eigenvalue weighted by Crippen LogP contribution is 2.13. The number of hydrazine groups is 1. The molecular formula is C9H18N2O. The second-order valence-corrected chi connectivity index (χ2v) is 2.57. The van der Waals surface area contributed by atoms with Crippen molar-refractivity contribution in [3.63, 3.8) is 0 Å². The maximum atomic E-state index is 11.0. The van der Waals surface area contributed by atoms with E-state index in [1.165, 1.54) is 0 Å². The van der Waals surface area contributed by atoms with Gasteiger partial charge in [-0.25, -0.2) is 10.0 Å². The molecule has 1 aliphatic rings. The predicted octanol–water partition coefficient (Wildman–Crippen LogP) is 1.63. The molecule has 0 radical (unpaired) electrons. The van der Waals surface area contributed by atoms with Crippen molar-refractivity contribution in [1.29, 1.82) is 0 Å². The van der Waals surface area contributed by atoms with Gasteiger partial charge in [0.25, 0.3) is 0 Å². The molecule has 0 unspecified atom stereocenters. The Bertz CT molecular complexity index is 177. The van der Waals surface area contributed by atoms with Crippen molar-refractivity contribution in [2.24, 2.45) is 0 Å². The van der Waals surface area contributed by atoms with E-state index in [0.29, 0.717) is 6.42 Å². The molecule has 1 saturated heterocycles. The highest BCUT2D eigenvalue weighted by Gasteiger charge is 2.25. The summed E-state index contributed by atoms with van der Waals surface area (Å²) >= 11 is 0. The minimum atomic E-state index is 0.148. The van der Waals surface area contributed by atoms with Crippen LogP contribution in [0.15, 0.2) is 12.3 Å². The molecule has 12 heavy (non-hydrogen) atoms. The maximum Gasteiger partial charge on any atom is 0.242 e. The SMILES string of the molecule is C=C(C)N1C(=O)CCN1C.CC. The van der Waals surface area contributed by atoms with Crippen LogP contribution < -0.4 is 0 Å². The van der Waals surface area contributed by atoms with Gasteiger partial charge in [0.1, 0.15) is 0 Å². The van der Waals surface area contributed by atoms with Gasteiger partial charge in [-0.05, 0) is 6.92 Å². The van der Waals surface area contributed by atoms with Crippen molar-refractivity contribution in [1.82, 2.24) is 10.0 Å². The molecule has 3 nitrogen and oxygen atoms in total. The Morgan fingerprint density at radius 1 is 1.50 bits per heavy atom. The summed E-state index contributed by atoms with van der Waals surface area (Å²) in [5, 5.41) is 3.49. The Balaban J connectivity index is 0.000000561. The van der Waals surface area contributed by atoms with Crippen LogP contribution in [0.5, 0.6) is 0 Å². The van der Waals surface area contributed by atoms with Crippen molar-refractivity contribution in [3.05, 3.63) is 12.3 Å². The predicted molar refractivity (Wildman–Crippen MR) is 50.3 cm³/mol. The summed E-state index contributed by atoms with van der Waals surface area (Å²) in [6, 6.07) is 0. The summed E-state index contributed by atoms with van der Waals surface area (Å²) in [6.07, 6.45) is 0.614. The molecule has 1 heterocycles. The number of allylic oxidation sites excluding steroid dienone is 1. The Morgan fingerprint density at radius 3 is 2.17 bits per heavy atom. The summed E-state index contributed by atoms with van der Waals surface area (Å²) in [4.78, 5) is 11.0. The van der Waals surface area contributed by atoms with Crippen LogP contribution >= 0.6 is 0 Å². The first-order chi connectivity index (χ1) is 5.63. The van der Waals surface area contributed by atoms with E-state index in [-0.39, 0.29) is 5.91 Å². The molecule has 1 aliphatic heterocycles. The molecule has 3 heteroatoms. The van der Waals surface area contributed by atoms with E-state index in [2.05, 4.69) is 6.58 Å². The zero-order chi connectivity index (χ0) is 9.72. The minimum Gasteiger partial charge on any atom is -0.273 e. The fourth-order valence-corrected chi connectivity index (χ4v) is 1.16. The van der Waals surface area contributed by atoms with E-state index in [0.717, 1.165) is 12.2 Å². The largest absolute Gasteiger partial charge is 0.273 e. The van der Waals surface area contributed by atoms with Crippen LogP contribution in [0, 0.1) is 0 Å². The third kappa shape index (κ3) is 2.34. The van der Waals surface area contributed by atoms with Gasteiger partial charge in [-0.1, -0.05) is 20.4 Å². The Morgan fingerprint density at radius 2 is 2.00 bits per heavy atom. The molecule has 0 aliphatic carbocycles. The van der Waals surface area contributed by atoms with E-state index < -0.39 is 0 Å². The van der Waals surface area contributed by atoms with Gasteiger partial charge >= 0.3 is 0 Å². The Hall–Kier alpha value is -0.830. The fourth-order valence-electron chi connectivity index (χ4n) is 1.16. The van der Waals surface area contributed by atoms with Crippen LogP contribution in [0.1, 0.15) is 27.2 Å². The number of amides is 1. The van der Waals surface area contributed by atoms with Gasteiger partial charge in [0, 0.05) is 25.7 Å². The van der Waals surface area contributed by atoms with Gasteiger partial charge in [-0.2, -0.15) is 0 Å².